The van der Waals surface area contributed by atoms with Crippen LogP contribution < -0.4 is 5.32 Å². The van der Waals surface area contributed by atoms with Crippen molar-refractivity contribution in [3.8, 4) is 0 Å². The van der Waals surface area contributed by atoms with Crippen LogP contribution in [-0.2, 0) is 0 Å². The first kappa shape index (κ1) is 15.5. The van der Waals surface area contributed by atoms with E-state index >= 15 is 0 Å². The molecule has 0 amide bonds. The summed E-state index contributed by atoms with van der Waals surface area (Å²) in [6.45, 7) is 11.5. The number of benzene rings is 1. The van der Waals surface area contributed by atoms with Crippen LogP contribution in [0, 0.1) is 0 Å². The second kappa shape index (κ2) is 6.73. The lowest BCUT2D eigenvalue weighted by atomic mass is 9.89. The average molecular weight is 274 g/mol. The monoisotopic (exact) mass is 274 g/mol. The zero-order valence-electron chi connectivity index (χ0n) is 13.5. The Kier molecular flexibility index (Phi) is 5.22. The van der Waals surface area contributed by atoms with E-state index in [0.717, 1.165) is 13.1 Å². The summed E-state index contributed by atoms with van der Waals surface area (Å²) in [6.07, 6.45) is 3.72. The molecular formula is C18H30N2. The fourth-order valence-corrected chi connectivity index (χ4v) is 3.30. The van der Waals surface area contributed by atoms with Crippen molar-refractivity contribution in [2.45, 2.75) is 64.6 Å². The Morgan fingerprint density at radius 1 is 1.30 bits per heavy atom. The quantitative estimate of drug-likeness (QED) is 0.873. The van der Waals surface area contributed by atoms with Crippen molar-refractivity contribution < 1.29 is 0 Å². The van der Waals surface area contributed by atoms with Crippen LogP contribution in [0.15, 0.2) is 30.3 Å². The molecule has 0 saturated carbocycles. The van der Waals surface area contributed by atoms with Gasteiger partial charge in [0.1, 0.15) is 0 Å². The molecule has 0 aromatic heterocycles. The molecule has 1 saturated heterocycles. The third-order valence-electron chi connectivity index (χ3n) is 4.89. The third kappa shape index (κ3) is 3.42. The van der Waals surface area contributed by atoms with Crippen LogP contribution >= 0.6 is 0 Å². The standard InChI is InChI=1S/C18H30N2/c1-5-10-15(3)20-14-18(4,6-2)19-13-17(20)16-11-8-7-9-12-16/h7-9,11-12,15,17,19H,5-6,10,13-14H2,1-4H3. The minimum absolute atomic E-state index is 0.257. The molecular weight excluding hydrogens is 244 g/mol. The molecule has 1 heterocycles. The maximum absolute atomic E-state index is 3.78. The Labute approximate surface area is 124 Å². The van der Waals surface area contributed by atoms with Crippen molar-refractivity contribution in [2.24, 2.45) is 0 Å². The third-order valence-corrected chi connectivity index (χ3v) is 4.89. The van der Waals surface area contributed by atoms with Crippen molar-refractivity contribution >= 4 is 0 Å². The van der Waals surface area contributed by atoms with Gasteiger partial charge in [-0.05, 0) is 32.3 Å². The average Bonchev–Trinajstić information content (AvgIpc) is 2.48. The Hall–Kier alpha value is -0.860. The highest BCUT2D eigenvalue weighted by Crippen LogP contribution is 2.31. The first-order chi connectivity index (χ1) is 9.59. The lowest BCUT2D eigenvalue weighted by Gasteiger charge is -2.48. The first-order valence-electron chi connectivity index (χ1n) is 8.15. The van der Waals surface area contributed by atoms with Gasteiger partial charge in [-0.25, -0.2) is 0 Å². The Balaban J connectivity index is 2.21. The van der Waals surface area contributed by atoms with Crippen LogP contribution in [0.25, 0.3) is 0 Å². The minimum Gasteiger partial charge on any atom is -0.308 e. The smallest absolute Gasteiger partial charge is 0.0476 e. The predicted octanol–water partition coefficient (Wildman–Crippen LogP) is 3.99. The molecule has 2 heteroatoms. The Morgan fingerprint density at radius 2 is 2.00 bits per heavy atom. The van der Waals surface area contributed by atoms with E-state index < -0.39 is 0 Å². The van der Waals surface area contributed by atoms with E-state index in [-0.39, 0.29) is 5.54 Å². The van der Waals surface area contributed by atoms with Gasteiger partial charge < -0.3 is 5.32 Å². The summed E-state index contributed by atoms with van der Waals surface area (Å²) in [4.78, 5) is 2.72. The number of nitrogens with zero attached hydrogens (tertiary/aromatic N) is 1. The molecule has 3 atom stereocenters. The molecule has 0 aliphatic carbocycles. The van der Waals surface area contributed by atoms with Crippen LogP contribution in [0.2, 0.25) is 0 Å². The number of nitrogens with one attached hydrogen (secondary N) is 1. The van der Waals surface area contributed by atoms with E-state index in [9.17, 15) is 0 Å². The Morgan fingerprint density at radius 3 is 2.60 bits per heavy atom. The van der Waals surface area contributed by atoms with Gasteiger partial charge in [-0.15, -0.1) is 0 Å². The molecule has 20 heavy (non-hydrogen) atoms. The van der Waals surface area contributed by atoms with Gasteiger partial charge in [-0.1, -0.05) is 50.6 Å². The van der Waals surface area contributed by atoms with Gasteiger partial charge in [0.25, 0.3) is 0 Å². The molecule has 1 aliphatic heterocycles. The molecule has 3 unspecified atom stereocenters. The van der Waals surface area contributed by atoms with Crippen LogP contribution in [0.3, 0.4) is 0 Å². The van der Waals surface area contributed by atoms with Gasteiger partial charge in [0.05, 0.1) is 0 Å². The second-order valence-corrected chi connectivity index (χ2v) is 6.53. The largest absolute Gasteiger partial charge is 0.308 e. The number of piperazine rings is 1. The van der Waals surface area contributed by atoms with Gasteiger partial charge >= 0.3 is 0 Å². The van der Waals surface area contributed by atoms with E-state index in [1.165, 1.54) is 24.8 Å². The predicted molar refractivity (Wildman–Crippen MR) is 87.0 cm³/mol. The maximum Gasteiger partial charge on any atom is 0.0476 e. The highest BCUT2D eigenvalue weighted by molar-refractivity contribution is 5.21. The number of hydrogen-bond donors (Lipinski definition) is 1. The maximum atomic E-state index is 3.78. The van der Waals surface area contributed by atoms with E-state index in [1.807, 2.05) is 0 Å². The van der Waals surface area contributed by atoms with Gasteiger partial charge in [0, 0.05) is 30.7 Å². The zero-order valence-corrected chi connectivity index (χ0v) is 13.5. The van der Waals surface area contributed by atoms with Gasteiger partial charge in [-0.2, -0.15) is 0 Å². The molecule has 0 radical (unpaired) electrons. The highest BCUT2D eigenvalue weighted by Gasteiger charge is 2.36. The summed E-state index contributed by atoms with van der Waals surface area (Å²) in [5.74, 6) is 0. The normalized spacial score (nSPS) is 29.3. The summed E-state index contributed by atoms with van der Waals surface area (Å²) in [6, 6.07) is 12.1. The van der Waals surface area contributed by atoms with Crippen molar-refractivity contribution in [1.29, 1.82) is 0 Å². The van der Waals surface area contributed by atoms with Crippen LogP contribution in [0.5, 0.6) is 0 Å². The molecule has 1 aliphatic rings. The first-order valence-corrected chi connectivity index (χ1v) is 8.15. The van der Waals surface area contributed by atoms with Crippen molar-refractivity contribution in [3.63, 3.8) is 0 Å². The minimum atomic E-state index is 0.257. The SMILES string of the molecule is CCCC(C)N1CC(C)(CC)NCC1c1ccccc1. The summed E-state index contributed by atoms with van der Waals surface area (Å²) in [5.41, 5.74) is 1.70. The molecule has 1 fully saturated rings. The highest BCUT2D eigenvalue weighted by atomic mass is 15.3. The molecule has 1 N–H and O–H groups in total. The summed E-state index contributed by atoms with van der Waals surface area (Å²) >= 11 is 0. The van der Waals surface area contributed by atoms with Gasteiger partial charge in [-0.3, -0.25) is 4.90 Å². The zero-order chi connectivity index (χ0) is 14.6. The number of hydrogen-bond acceptors (Lipinski definition) is 2. The molecule has 112 valence electrons. The number of rotatable bonds is 5. The fourth-order valence-electron chi connectivity index (χ4n) is 3.30. The van der Waals surface area contributed by atoms with Crippen molar-refractivity contribution in [3.05, 3.63) is 35.9 Å². The van der Waals surface area contributed by atoms with Crippen molar-refractivity contribution in [1.82, 2.24) is 10.2 Å². The Bertz CT molecular complexity index is 403. The topological polar surface area (TPSA) is 15.3 Å². The lowest BCUT2D eigenvalue weighted by Crippen LogP contribution is -2.61. The van der Waals surface area contributed by atoms with Gasteiger partial charge in [0.2, 0.25) is 0 Å². The van der Waals surface area contributed by atoms with Crippen LogP contribution in [0.4, 0.5) is 0 Å². The summed E-state index contributed by atoms with van der Waals surface area (Å²) in [7, 11) is 0. The molecule has 0 spiro atoms. The van der Waals surface area contributed by atoms with Crippen LogP contribution in [-0.4, -0.2) is 29.6 Å². The second-order valence-electron chi connectivity index (χ2n) is 6.53. The lowest BCUT2D eigenvalue weighted by molar-refractivity contribution is 0.0477. The van der Waals surface area contributed by atoms with Crippen LogP contribution in [0.1, 0.15) is 58.6 Å². The molecule has 1 aromatic carbocycles. The molecule has 0 bridgehead atoms. The molecule has 1 aromatic rings. The van der Waals surface area contributed by atoms with E-state index in [1.54, 1.807) is 0 Å². The summed E-state index contributed by atoms with van der Waals surface area (Å²) in [5, 5.41) is 3.78. The van der Waals surface area contributed by atoms with Crippen molar-refractivity contribution in [2.75, 3.05) is 13.1 Å². The molecule has 2 nitrogen and oxygen atoms in total. The summed E-state index contributed by atoms with van der Waals surface area (Å²) < 4.78 is 0. The fraction of sp³-hybridized carbons (Fsp3) is 0.667. The van der Waals surface area contributed by atoms with E-state index in [0.29, 0.717) is 12.1 Å². The molecule has 2 rings (SSSR count). The van der Waals surface area contributed by atoms with Gasteiger partial charge in [0.15, 0.2) is 0 Å². The van der Waals surface area contributed by atoms with E-state index in [4.69, 9.17) is 0 Å². The van der Waals surface area contributed by atoms with E-state index in [2.05, 4.69) is 68.2 Å².